The minimum atomic E-state index is -0.581. The van der Waals surface area contributed by atoms with Crippen molar-refractivity contribution in [2.24, 2.45) is 5.92 Å². The van der Waals surface area contributed by atoms with E-state index in [1.165, 1.54) is 77.0 Å². The number of carbonyl (C=O) groups is 1. The van der Waals surface area contributed by atoms with Gasteiger partial charge in [-0.15, -0.1) is 0 Å². The van der Waals surface area contributed by atoms with Crippen molar-refractivity contribution < 1.29 is 9.53 Å². The molecule has 144 valence electrons. The van der Waals surface area contributed by atoms with Crippen molar-refractivity contribution in [3.8, 4) is 6.07 Å². The summed E-state index contributed by atoms with van der Waals surface area (Å²) in [5.41, 5.74) is -0.115. The highest BCUT2D eigenvalue weighted by molar-refractivity contribution is 5.91. The van der Waals surface area contributed by atoms with E-state index in [1.807, 2.05) is 0 Å². The SMILES string of the molecule is C=C(C#N)C(=O)OCCCCCCCCCCCCCCCC(C)C. The highest BCUT2D eigenvalue weighted by Gasteiger charge is 2.06. The normalized spacial score (nSPS) is 10.6. The molecule has 0 N–H and O–H groups in total. The Hall–Kier alpha value is -1.30. The van der Waals surface area contributed by atoms with Gasteiger partial charge in [0.1, 0.15) is 11.6 Å². The molecule has 0 aliphatic rings. The number of rotatable bonds is 17. The van der Waals surface area contributed by atoms with E-state index >= 15 is 0 Å². The largest absolute Gasteiger partial charge is 0.462 e. The van der Waals surface area contributed by atoms with Crippen LogP contribution in [0.4, 0.5) is 0 Å². The third-order valence-electron chi connectivity index (χ3n) is 4.54. The summed E-state index contributed by atoms with van der Waals surface area (Å²) in [6.45, 7) is 8.35. The molecule has 25 heavy (non-hydrogen) atoms. The van der Waals surface area contributed by atoms with Gasteiger partial charge in [0, 0.05) is 0 Å². The third-order valence-corrected chi connectivity index (χ3v) is 4.54. The van der Waals surface area contributed by atoms with Gasteiger partial charge in [-0.25, -0.2) is 4.79 Å². The Morgan fingerprint density at radius 2 is 1.24 bits per heavy atom. The molecule has 0 rings (SSSR count). The molecule has 3 nitrogen and oxygen atoms in total. The molecule has 0 spiro atoms. The number of esters is 1. The molecule has 0 amide bonds. The summed E-state index contributed by atoms with van der Waals surface area (Å²) in [5, 5.41) is 8.50. The zero-order valence-electron chi connectivity index (χ0n) is 16.7. The Labute approximate surface area is 155 Å². The first kappa shape index (κ1) is 23.7. The van der Waals surface area contributed by atoms with Crippen LogP contribution in [0.5, 0.6) is 0 Å². The zero-order chi connectivity index (χ0) is 18.8. The molecule has 0 aliphatic heterocycles. The maximum atomic E-state index is 11.2. The smallest absolute Gasteiger partial charge is 0.348 e. The van der Waals surface area contributed by atoms with Crippen LogP contribution in [0.15, 0.2) is 12.2 Å². The second-order valence-electron chi connectivity index (χ2n) is 7.50. The summed E-state index contributed by atoms with van der Waals surface area (Å²) in [4.78, 5) is 11.2. The molecule has 0 atom stereocenters. The molecular formula is C22H39NO2. The van der Waals surface area contributed by atoms with Crippen molar-refractivity contribution in [2.45, 2.75) is 104 Å². The molecule has 0 bridgehead atoms. The summed E-state index contributed by atoms with van der Waals surface area (Å²) >= 11 is 0. The topological polar surface area (TPSA) is 50.1 Å². The quantitative estimate of drug-likeness (QED) is 0.127. The first-order valence-electron chi connectivity index (χ1n) is 10.3. The molecular weight excluding hydrogens is 310 g/mol. The standard InChI is InChI=1S/C22H39NO2/c1-20(2)17-15-13-11-9-7-5-4-6-8-10-12-14-16-18-25-22(24)21(3)19-23/h20H,3-18H2,1-2H3. The van der Waals surface area contributed by atoms with E-state index in [1.54, 1.807) is 6.07 Å². The van der Waals surface area contributed by atoms with Gasteiger partial charge in [0.2, 0.25) is 0 Å². The number of hydrogen-bond donors (Lipinski definition) is 0. The van der Waals surface area contributed by atoms with Crippen molar-refractivity contribution >= 4 is 5.97 Å². The summed E-state index contributed by atoms with van der Waals surface area (Å²) in [7, 11) is 0. The molecule has 0 radical (unpaired) electrons. The fourth-order valence-corrected chi connectivity index (χ4v) is 2.90. The van der Waals surface area contributed by atoms with Crippen molar-refractivity contribution in [1.29, 1.82) is 5.26 Å². The van der Waals surface area contributed by atoms with E-state index in [2.05, 4.69) is 20.4 Å². The highest BCUT2D eigenvalue weighted by Crippen LogP contribution is 2.14. The third kappa shape index (κ3) is 17.3. The number of carbonyl (C=O) groups excluding carboxylic acids is 1. The van der Waals surface area contributed by atoms with Crippen LogP contribution in [-0.4, -0.2) is 12.6 Å². The van der Waals surface area contributed by atoms with Gasteiger partial charge >= 0.3 is 5.97 Å². The Balaban J connectivity index is 3.13. The molecule has 0 unspecified atom stereocenters. The van der Waals surface area contributed by atoms with Crippen molar-refractivity contribution in [3.63, 3.8) is 0 Å². The maximum absolute atomic E-state index is 11.2. The molecule has 3 heteroatoms. The number of ether oxygens (including phenoxy) is 1. The predicted octanol–water partition coefficient (Wildman–Crippen LogP) is 6.73. The molecule has 0 aromatic heterocycles. The van der Waals surface area contributed by atoms with E-state index in [9.17, 15) is 4.79 Å². The lowest BCUT2D eigenvalue weighted by atomic mass is 10.0. The predicted molar refractivity (Wildman–Crippen MR) is 105 cm³/mol. The van der Waals surface area contributed by atoms with Crippen LogP contribution in [0.3, 0.4) is 0 Å². The van der Waals surface area contributed by atoms with Gasteiger partial charge in [0.05, 0.1) is 6.61 Å². The van der Waals surface area contributed by atoms with Crippen LogP contribution in [0.2, 0.25) is 0 Å². The Bertz CT molecular complexity index is 382. The number of nitriles is 1. The van der Waals surface area contributed by atoms with E-state index in [4.69, 9.17) is 10.00 Å². The van der Waals surface area contributed by atoms with Crippen molar-refractivity contribution in [1.82, 2.24) is 0 Å². The van der Waals surface area contributed by atoms with E-state index < -0.39 is 5.97 Å². The van der Waals surface area contributed by atoms with Crippen molar-refractivity contribution in [2.75, 3.05) is 6.61 Å². The van der Waals surface area contributed by atoms with E-state index in [0.717, 1.165) is 18.8 Å². The first-order valence-corrected chi connectivity index (χ1v) is 10.3. The minimum Gasteiger partial charge on any atom is -0.462 e. The Morgan fingerprint density at radius 1 is 0.840 bits per heavy atom. The first-order chi connectivity index (χ1) is 12.1. The van der Waals surface area contributed by atoms with Gasteiger partial charge in [-0.3, -0.25) is 0 Å². The molecule has 0 aromatic carbocycles. The average molecular weight is 350 g/mol. The molecule has 0 saturated carbocycles. The fourth-order valence-electron chi connectivity index (χ4n) is 2.90. The molecule has 0 saturated heterocycles. The summed E-state index contributed by atoms with van der Waals surface area (Å²) in [5.74, 6) is 0.279. The van der Waals surface area contributed by atoms with Gasteiger partial charge in [-0.05, 0) is 12.3 Å². The number of unbranched alkanes of at least 4 members (excludes halogenated alkanes) is 12. The van der Waals surface area contributed by atoms with Gasteiger partial charge in [-0.1, -0.05) is 104 Å². The van der Waals surface area contributed by atoms with Crippen LogP contribution in [-0.2, 0) is 9.53 Å². The van der Waals surface area contributed by atoms with Gasteiger partial charge in [0.15, 0.2) is 0 Å². The van der Waals surface area contributed by atoms with Crippen LogP contribution in [0.25, 0.3) is 0 Å². The molecule has 0 aromatic rings. The average Bonchev–Trinajstić information content (AvgIpc) is 2.60. The molecule has 0 heterocycles. The molecule has 0 aliphatic carbocycles. The zero-order valence-corrected chi connectivity index (χ0v) is 16.7. The summed E-state index contributed by atoms with van der Waals surface area (Å²) in [6, 6.07) is 1.70. The van der Waals surface area contributed by atoms with Gasteiger partial charge in [-0.2, -0.15) is 5.26 Å². The fraction of sp³-hybridized carbons (Fsp3) is 0.818. The lowest BCUT2D eigenvalue weighted by Crippen LogP contribution is -2.06. The number of hydrogen-bond acceptors (Lipinski definition) is 3. The van der Waals surface area contributed by atoms with Crippen LogP contribution >= 0.6 is 0 Å². The monoisotopic (exact) mass is 349 g/mol. The van der Waals surface area contributed by atoms with Crippen LogP contribution in [0, 0.1) is 17.2 Å². The van der Waals surface area contributed by atoms with E-state index in [0.29, 0.717) is 6.61 Å². The lowest BCUT2D eigenvalue weighted by Gasteiger charge is -2.05. The second-order valence-corrected chi connectivity index (χ2v) is 7.50. The summed E-state index contributed by atoms with van der Waals surface area (Å²) in [6.07, 6.45) is 18.3. The minimum absolute atomic E-state index is 0.115. The Morgan fingerprint density at radius 3 is 1.64 bits per heavy atom. The maximum Gasteiger partial charge on any atom is 0.348 e. The van der Waals surface area contributed by atoms with Crippen molar-refractivity contribution in [3.05, 3.63) is 12.2 Å². The second kappa shape index (κ2) is 17.5. The summed E-state index contributed by atoms with van der Waals surface area (Å²) < 4.78 is 4.95. The van der Waals surface area contributed by atoms with Crippen LogP contribution < -0.4 is 0 Å². The van der Waals surface area contributed by atoms with Gasteiger partial charge in [0.25, 0.3) is 0 Å². The lowest BCUT2D eigenvalue weighted by molar-refractivity contribution is -0.138. The Kier molecular flexibility index (Phi) is 16.6. The highest BCUT2D eigenvalue weighted by atomic mass is 16.5. The van der Waals surface area contributed by atoms with Gasteiger partial charge < -0.3 is 4.74 Å². The van der Waals surface area contributed by atoms with Crippen LogP contribution in [0.1, 0.15) is 104 Å². The van der Waals surface area contributed by atoms with E-state index in [-0.39, 0.29) is 5.57 Å². The number of nitrogens with zero attached hydrogens (tertiary/aromatic N) is 1. The molecule has 0 fully saturated rings.